The van der Waals surface area contributed by atoms with E-state index in [1.54, 1.807) is 30.0 Å². The molecule has 0 aliphatic heterocycles. The summed E-state index contributed by atoms with van der Waals surface area (Å²) in [5.74, 6) is 0. The fourth-order valence-corrected chi connectivity index (χ4v) is 1.20. The van der Waals surface area contributed by atoms with Gasteiger partial charge in [-0.25, -0.2) is 4.79 Å². The molecule has 1 rings (SSSR count). The summed E-state index contributed by atoms with van der Waals surface area (Å²) >= 11 is 0. The molecule has 0 N–H and O–H groups in total. The highest BCUT2D eigenvalue weighted by Crippen LogP contribution is 2.13. The van der Waals surface area contributed by atoms with Crippen molar-refractivity contribution in [2.45, 2.75) is 6.92 Å². The van der Waals surface area contributed by atoms with E-state index in [0.29, 0.717) is 6.54 Å². The first-order valence-corrected chi connectivity index (χ1v) is 4.62. The Morgan fingerprint density at radius 1 is 1.43 bits per heavy atom. The lowest BCUT2D eigenvalue weighted by atomic mass is 10.3. The summed E-state index contributed by atoms with van der Waals surface area (Å²) in [7, 11) is 3.49. The van der Waals surface area contributed by atoms with Gasteiger partial charge in [-0.1, -0.05) is 18.2 Å². The van der Waals surface area contributed by atoms with E-state index in [9.17, 15) is 4.79 Å². The topological polar surface area (TPSA) is 23.6 Å². The lowest BCUT2D eigenvalue weighted by Crippen LogP contribution is -2.39. The van der Waals surface area contributed by atoms with Crippen LogP contribution in [0, 0.1) is 6.07 Å². The quantitative estimate of drug-likeness (QED) is 0.701. The van der Waals surface area contributed by atoms with Crippen LogP contribution in [0.4, 0.5) is 10.5 Å². The van der Waals surface area contributed by atoms with Crippen LogP contribution in [0.2, 0.25) is 0 Å². The lowest BCUT2D eigenvalue weighted by molar-refractivity contribution is 0.224. The number of para-hydroxylation sites is 1. The Bertz CT molecular complexity index is 295. The molecule has 0 atom stereocenters. The second-order valence-corrected chi connectivity index (χ2v) is 3.17. The standard InChI is InChI=1S/C11H15N2O/c1-4-13(11(14)12(2)3)10-8-6-5-7-9-10/h5-8H,4H2,1-3H3. The molecule has 0 bridgehead atoms. The number of nitrogens with zero attached hydrogens (tertiary/aromatic N) is 2. The van der Waals surface area contributed by atoms with Crippen molar-refractivity contribution in [1.82, 2.24) is 4.90 Å². The van der Waals surface area contributed by atoms with Gasteiger partial charge in [0, 0.05) is 26.7 Å². The van der Waals surface area contributed by atoms with Gasteiger partial charge >= 0.3 is 6.03 Å². The van der Waals surface area contributed by atoms with Crippen molar-refractivity contribution in [3.63, 3.8) is 0 Å². The highest BCUT2D eigenvalue weighted by atomic mass is 16.2. The second kappa shape index (κ2) is 4.65. The molecule has 0 aliphatic rings. The van der Waals surface area contributed by atoms with Gasteiger partial charge in [0.2, 0.25) is 0 Å². The third-order valence-corrected chi connectivity index (χ3v) is 1.91. The summed E-state index contributed by atoms with van der Waals surface area (Å²) in [4.78, 5) is 14.9. The Kier molecular flexibility index (Phi) is 3.51. The number of rotatable bonds is 2. The number of carbonyl (C=O) groups excluding carboxylic acids is 1. The van der Waals surface area contributed by atoms with Crippen LogP contribution in [-0.4, -0.2) is 31.6 Å². The van der Waals surface area contributed by atoms with Crippen LogP contribution in [-0.2, 0) is 0 Å². The Morgan fingerprint density at radius 3 is 2.57 bits per heavy atom. The molecular weight excluding hydrogens is 176 g/mol. The number of hydrogen-bond acceptors (Lipinski definition) is 1. The fourth-order valence-electron chi connectivity index (χ4n) is 1.20. The molecule has 3 nitrogen and oxygen atoms in total. The Hall–Kier alpha value is -1.51. The van der Waals surface area contributed by atoms with Crippen LogP contribution >= 0.6 is 0 Å². The molecule has 1 aromatic rings. The van der Waals surface area contributed by atoms with E-state index in [0.717, 1.165) is 5.69 Å². The van der Waals surface area contributed by atoms with Gasteiger partial charge in [0.05, 0.1) is 5.69 Å². The maximum absolute atomic E-state index is 11.7. The van der Waals surface area contributed by atoms with Crippen molar-refractivity contribution < 1.29 is 4.79 Å². The summed E-state index contributed by atoms with van der Waals surface area (Å²) < 4.78 is 0. The second-order valence-electron chi connectivity index (χ2n) is 3.17. The van der Waals surface area contributed by atoms with Crippen molar-refractivity contribution >= 4 is 11.7 Å². The molecule has 0 saturated carbocycles. The summed E-state index contributed by atoms with van der Waals surface area (Å²) in [5.41, 5.74) is 0.814. The van der Waals surface area contributed by atoms with Crippen molar-refractivity contribution in [3.8, 4) is 0 Å². The minimum absolute atomic E-state index is 0.0186. The smallest absolute Gasteiger partial charge is 0.323 e. The van der Waals surface area contributed by atoms with E-state index in [4.69, 9.17) is 0 Å². The number of hydrogen-bond donors (Lipinski definition) is 0. The molecule has 0 spiro atoms. The molecule has 0 heterocycles. The Balaban J connectivity index is 2.88. The first-order valence-electron chi connectivity index (χ1n) is 4.62. The van der Waals surface area contributed by atoms with Crippen molar-refractivity contribution in [3.05, 3.63) is 30.3 Å². The van der Waals surface area contributed by atoms with Gasteiger partial charge in [-0.2, -0.15) is 0 Å². The third-order valence-electron chi connectivity index (χ3n) is 1.91. The van der Waals surface area contributed by atoms with Gasteiger partial charge in [-0.15, -0.1) is 0 Å². The summed E-state index contributed by atoms with van der Waals surface area (Å²) in [5, 5.41) is 0. The van der Waals surface area contributed by atoms with Crippen LogP contribution in [0.1, 0.15) is 6.92 Å². The first kappa shape index (κ1) is 10.6. The largest absolute Gasteiger partial charge is 0.330 e. The molecule has 0 unspecified atom stereocenters. The molecule has 75 valence electrons. The highest BCUT2D eigenvalue weighted by Gasteiger charge is 2.14. The molecule has 14 heavy (non-hydrogen) atoms. The predicted molar refractivity (Wildman–Crippen MR) is 57.4 cm³/mol. The molecule has 0 aliphatic carbocycles. The zero-order chi connectivity index (χ0) is 10.6. The van der Waals surface area contributed by atoms with Crippen LogP contribution in [0.3, 0.4) is 0 Å². The minimum atomic E-state index is -0.0186. The third kappa shape index (κ3) is 2.25. The number of carbonyl (C=O) groups is 1. The summed E-state index contributed by atoms with van der Waals surface area (Å²) in [6.07, 6.45) is 0. The molecule has 0 fully saturated rings. The average molecular weight is 191 g/mol. The van der Waals surface area contributed by atoms with E-state index < -0.39 is 0 Å². The van der Waals surface area contributed by atoms with E-state index in [-0.39, 0.29) is 6.03 Å². The first-order chi connectivity index (χ1) is 6.66. The molecule has 0 saturated heterocycles. The normalized spacial score (nSPS) is 9.64. The van der Waals surface area contributed by atoms with Gasteiger partial charge in [0.1, 0.15) is 0 Å². The van der Waals surface area contributed by atoms with Crippen molar-refractivity contribution in [1.29, 1.82) is 0 Å². The molecule has 0 aromatic heterocycles. The predicted octanol–water partition coefficient (Wildman–Crippen LogP) is 1.99. The van der Waals surface area contributed by atoms with Gasteiger partial charge in [-0.3, -0.25) is 4.90 Å². The molecular formula is C11H15N2O. The summed E-state index contributed by atoms with van der Waals surface area (Å²) in [6.45, 7) is 2.60. The van der Waals surface area contributed by atoms with Crippen LogP contribution < -0.4 is 4.90 Å². The maximum atomic E-state index is 11.7. The monoisotopic (exact) mass is 191 g/mol. The fraction of sp³-hybridized carbons (Fsp3) is 0.364. The number of anilines is 1. The molecule has 1 aromatic carbocycles. The van der Waals surface area contributed by atoms with Crippen LogP contribution in [0.15, 0.2) is 24.3 Å². The zero-order valence-corrected chi connectivity index (χ0v) is 8.82. The number of benzene rings is 1. The summed E-state index contributed by atoms with van der Waals surface area (Å²) in [6, 6.07) is 10.5. The van der Waals surface area contributed by atoms with E-state index >= 15 is 0 Å². The molecule has 1 radical (unpaired) electrons. The maximum Gasteiger partial charge on any atom is 0.323 e. The van der Waals surface area contributed by atoms with Gasteiger partial charge in [-0.05, 0) is 13.0 Å². The van der Waals surface area contributed by atoms with Gasteiger partial charge in [0.25, 0.3) is 0 Å². The van der Waals surface area contributed by atoms with E-state index in [1.165, 1.54) is 0 Å². The minimum Gasteiger partial charge on any atom is -0.330 e. The van der Waals surface area contributed by atoms with Crippen LogP contribution in [0.5, 0.6) is 0 Å². The van der Waals surface area contributed by atoms with Gasteiger partial charge in [0.15, 0.2) is 0 Å². The number of amides is 2. The van der Waals surface area contributed by atoms with Crippen LogP contribution in [0.25, 0.3) is 0 Å². The van der Waals surface area contributed by atoms with E-state index in [1.807, 2.05) is 25.1 Å². The van der Waals surface area contributed by atoms with E-state index in [2.05, 4.69) is 6.07 Å². The molecule has 2 amide bonds. The Labute approximate surface area is 84.9 Å². The SMILES string of the molecule is CCN(C(=O)N(C)C)c1[c]cccc1. The molecule has 3 heteroatoms. The van der Waals surface area contributed by atoms with Gasteiger partial charge < -0.3 is 4.90 Å². The Morgan fingerprint density at radius 2 is 2.14 bits per heavy atom. The average Bonchev–Trinajstić information content (AvgIpc) is 2.20. The lowest BCUT2D eigenvalue weighted by Gasteiger charge is -2.24. The highest BCUT2D eigenvalue weighted by molar-refractivity contribution is 5.91. The zero-order valence-electron chi connectivity index (χ0n) is 8.82. The number of urea groups is 1. The van der Waals surface area contributed by atoms with Crippen molar-refractivity contribution in [2.24, 2.45) is 0 Å². The van der Waals surface area contributed by atoms with Crippen molar-refractivity contribution in [2.75, 3.05) is 25.5 Å².